The second-order valence-corrected chi connectivity index (χ2v) is 8.53. The van der Waals surface area contributed by atoms with E-state index in [1.165, 1.54) is 24.3 Å². The Labute approximate surface area is 166 Å². The van der Waals surface area contributed by atoms with Crippen LogP contribution < -0.4 is 0 Å². The van der Waals surface area contributed by atoms with Crippen LogP contribution in [0.3, 0.4) is 0 Å². The molecule has 17 heteroatoms. The molecule has 5 atom stereocenters. The molecule has 1 rings (SSSR count). The van der Waals surface area contributed by atoms with E-state index in [1.807, 2.05) is 0 Å². The fraction of sp³-hybridized carbons (Fsp3) is 0.167. The van der Waals surface area contributed by atoms with Crippen molar-refractivity contribution in [1.82, 2.24) is 0 Å². The van der Waals surface area contributed by atoms with E-state index in [9.17, 15) is 23.9 Å². The lowest BCUT2D eigenvalue weighted by Crippen LogP contribution is -2.29. The number of aliphatic hydroxyl groups is 2. The zero-order chi connectivity index (χ0) is 22.2. The molecule has 0 saturated carbocycles. The fourth-order valence-electron chi connectivity index (χ4n) is 1.74. The molecule has 0 aromatic heterocycles. The van der Waals surface area contributed by atoms with E-state index in [4.69, 9.17) is 24.5 Å². The van der Waals surface area contributed by atoms with E-state index in [2.05, 4.69) is 13.6 Å². The minimum Gasteiger partial charge on any atom is -0.355 e. The third kappa shape index (κ3) is 9.85. The smallest absolute Gasteiger partial charge is 0.331 e. The summed E-state index contributed by atoms with van der Waals surface area (Å²) in [6, 6.07) is 5.70. The molecule has 0 aliphatic carbocycles. The third-order valence-corrected chi connectivity index (χ3v) is 5.38. The quantitative estimate of drug-likeness (QED) is 0.165. The topological polar surface area (TPSA) is 221 Å². The van der Waals surface area contributed by atoms with E-state index in [0.29, 0.717) is 11.1 Å². The highest BCUT2D eigenvalue weighted by atomic mass is 31.2. The van der Waals surface area contributed by atoms with Gasteiger partial charge in [0, 0.05) is 6.08 Å². The average Bonchev–Trinajstić information content (AvgIpc) is 2.57. The number of rotatable bonds is 11. The van der Waals surface area contributed by atoms with Crippen molar-refractivity contribution in [3.05, 3.63) is 47.5 Å². The molecule has 5 unspecified atom stereocenters. The highest BCUT2D eigenvalue weighted by Gasteiger charge is 2.33. The summed E-state index contributed by atoms with van der Waals surface area (Å²) in [7, 11) is -14.3. The molecule has 0 radical (unpaired) electrons. The second kappa shape index (κ2) is 11.7. The first-order chi connectivity index (χ1) is 13.3. The van der Waals surface area contributed by atoms with Gasteiger partial charge in [0.1, 0.15) is 0 Å². The Balaban J connectivity index is 2.97. The van der Waals surface area contributed by atoms with Crippen molar-refractivity contribution < 1.29 is 61.9 Å². The van der Waals surface area contributed by atoms with Crippen molar-refractivity contribution in [2.45, 2.75) is 11.5 Å². The van der Waals surface area contributed by atoms with Crippen molar-refractivity contribution in [1.29, 1.82) is 0 Å². The van der Waals surface area contributed by atoms with Gasteiger partial charge in [0.05, 0.1) is 0 Å². The molecule has 1 aromatic carbocycles. The van der Waals surface area contributed by atoms with Crippen LogP contribution in [0.1, 0.15) is 11.1 Å². The minimum atomic E-state index is -3.78. The summed E-state index contributed by atoms with van der Waals surface area (Å²) in [5, 5.41) is 19.6. The van der Waals surface area contributed by atoms with Crippen LogP contribution in [0.15, 0.2) is 36.4 Å². The van der Waals surface area contributed by atoms with Gasteiger partial charge in [0.2, 0.25) is 0 Å². The Hall–Kier alpha value is -0.580. The molecule has 13 nitrogen and oxygen atoms in total. The first-order valence-corrected chi connectivity index (χ1v) is 12.3. The lowest BCUT2D eigenvalue weighted by atomic mass is 10.1. The van der Waals surface area contributed by atoms with Crippen LogP contribution in [-0.4, -0.2) is 46.2 Å². The molecule has 0 heterocycles. The van der Waals surface area contributed by atoms with E-state index >= 15 is 0 Å². The molecule has 0 saturated heterocycles. The maximum Gasteiger partial charge on any atom is 0.331 e. The van der Waals surface area contributed by atoms with Gasteiger partial charge >= 0.3 is 31.1 Å². The van der Waals surface area contributed by atoms with Crippen LogP contribution in [0.5, 0.6) is 0 Å². The Morgan fingerprint density at radius 1 is 0.828 bits per heavy atom. The highest BCUT2D eigenvalue weighted by molar-refractivity contribution is 7.41. The molecular formula is C12H18O13P4. The van der Waals surface area contributed by atoms with Crippen molar-refractivity contribution in [2.24, 2.45) is 0 Å². The molecule has 1 aromatic rings. The molecule has 29 heavy (non-hydrogen) atoms. The number of hydrogen-bond acceptors (Lipinski definition) is 10. The van der Waals surface area contributed by atoms with Gasteiger partial charge in [0.15, 0.2) is 0 Å². The van der Waals surface area contributed by atoms with Crippen LogP contribution >= 0.6 is 33.1 Å². The van der Waals surface area contributed by atoms with Crippen LogP contribution in [0.25, 0.3) is 12.2 Å². The van der Waals surface area contributed by atoms with Crippen molar-refractivity contribution in [2.75, 3.05) is 0 Å². The molecule has 0 fully saturated rings. The van der Waals surface area contributed by atoms with Gasteiger partial charge in [-0.3, -0.25) is 18.2 Å². The third-order valence-electron chi connectivity index (χ3n) is 2.92. The average molecular weight is 494 g/mol. The SMILES string of the molecule is O=[PH](O)OC(O)(C=Cc1ccc(C=CC(O)(O[PH](=O)O)[PH](=O)O)cc1)OP(O)O. The Morgan fingerprint density at radius 3 is 1.66 bits per heavy atom. The molecule has 0 amide bonds. The molecule has 164 valence electrons. The van der Waals surface area contributed by atoms with E-state index < -0.39 is 44.6 Å². The Kier molecular flexibility index (Phi) is 10.7. The molecule has 0 aliphatic heterocycles. The van der Waals surface area contributed by atoms with E-state index in [-0.39, 0.29) is 0 Å². The van der Waals surface area contributed by atoms with Gasteiger partial charge in [-0.15, -0.1) is 0 Å². The summed E-state index contributed by atoms with van der Waals surface area (Å²) < 4.78 is 45.3. The molecule has 0 aliphatic rings. The van der Waals surface area contributed by atoms with E-state index in [0.717, 1.165) is 24.3 Å². The van der Waals surface area contributed by atoms with Gasteiger partial charge in [0.25, 0.3) is 13.6 Å². The number of benzene rings is 1. The van der Waals surface area contributed by atoms with Crippen molar-refractivity contribution >= 4 is 45.3 Å². The standard InChI is InChI=1S/C12H18O13P4/c13-11(23-27(17)18,24-28(19)20)7-5-9-1-3-10(4-2-9)6-8-12(14,26(15)16)25-29(21)22/h1-8,13-14,17-18,26,28-29H,(H,15,16)(H,19,20)(H,21,22). The predicted octanol–water partition coefficient (Wildman–Crippen LogP) is 0.497. The summed E-state index contributed by atoms with van der Waals surface area (Å²) in [6.07, 6.45) is 3.76. The first kappa shape index (κ1) is 26.5. The Bertz CT molecular complexity index is 811. The summed E-state index contributed by atoms with van der Waals surface area (Å²) in [5.41, 5.74) is -2.09. The maximum atomic E-state index is 11.2. The minimum absolute atomic E-state index is 0.363. The van der Waals surface area contributed by atoms with Crippen LogP contribution in [0, 0.1) is 0 Å². The summed E-state index contributed by atoms with van der Waals surface area (Å²) in [4.78, 5) is 44.1. The molecule has 0 spiro atoms. The predicted molar refractivity (Wildman–Crippen MR) is 103 cm³/mol. The Morgan fingerprint density at radius 2 is 1.28 bits per heavy atom. The highest BCUT2D eigenvalue weighted by Crippen LogP contribution is 2.41. The second-order valence-electron chi connectivity index (χ2n) is 5.05. The van der Waals surface area contributed by atoms with Gasteiger partial charge in [-0.05, 0) is 17.2 Å². The first-order valence-electron chi connectivity index (χ1n) is 7.23. The van der Waals surface area contributed by atoms with Crippen molar-refractivity contribution in [3.63, 3.8) is 0 Å². The molecule has 0 bridgehead atoms. The lowest BCUT2D eigenvalue weighted by Gasteiger charge is -2.22. The monoisotopic (exact) mass is 494 g/mol. The zero-order valence-electron chi connectivity index (χ0n) is 14.1. The van der Waals surface area contributed by atoms with Gasteiger partial charge < -0.3 is 34.7 Å². The summed E-state index contributed by atoms with van der Waals surface area (Å²) in [5.74, 6) is -2.87. The lowest BCUT2D eigenvalue weighted by molar-refractivity contribution is -0.236. The fourth-order valence-corrected chi connectivity index (χ4v) is 3.67. The van der Waals surface area contributed by atoms with Crippen LogP contribution in [0.2, 0.25) is 0 Å². The van der Waals surface area contributed by atoms with Crippen molar-refractivity contribution in [3.8, 4) is 0 Å². The van der Waals surface area contributed by atoms with Gasteiger partial charge in [-0.2, -0.15) is 0 Å². The maximum absolute atomic E-state index is 11.2. The summed E-state index contributed by atoms with van der Waals surface area (Å²) in [6.45, 7) is 0. The van der Waals surface area contributed by atoms with E-state index in [1.54, 1.807) is 0 Å². The molecule has 7 N–H and O–H groups in total. The number of hydrogen-bond donors (Lipinski definition) is 7. The normalized spacial score (nSPS) is 19.9. The summed E-state index contributed by atoms with van der Waals surface area (Å²) >= 11 is 0. The van der Waals surface area contributed by atoms with Gasteiger partial charge in [-0.25, -0.2) is 9.05 Å². The zero-order valence-corrected chi connectivity index (χ0v) is 18.0. The van der Waals surface area contributed by atoms with Crippen LogP contribution in [0.4, 0.5) is 0 Å². The molecular weight excluding hydrogens is 476 g/mol. The van der Waals surface area contributed by atoms with Gasteiger partial charge in [-0.1, -0.05) is 36.4 Å². The largest absolute Gasteiger partial charge is 0.355 e. The van der Waals surface area contributed by atoms with Crippen LogP contribution in [-0.2, 0) is 27.3 Å².